The molecule has 1 rings (SSSR count). The topological polar surface area (TPSA) is 35.8 Å². The lowest BCUT2D eigenvalue weighted by atomic mass is 9.99. The zero-order chi connectivity index (χ0) is 13.4. The van der Waals surface area contributed by atoms with Gasteiger partial charge >= 0.3 is 0 Å². The van der Waals surface area contributed by atoms with E-state index in [0.717, 1.165) is 23.4 Å². The number of hydrogen-bond donors (Lipinski definition) is 1. The minimum Gasteiger partial charge on any atom is -0.383 e. The maximum absolute atomic E-state index is 9.12. The lowest BCUT2D eigenvalue weighted by Crippen LogP contribution is -2.15. The van der Waals surface area contributed by atoms with Crippen LogP contribution < -0.4 is 5.32 Å². The van der Waals surface area contributed by atoms with Gasteiger partial charge in [0.1, 0.15) is 6.07 Å². The number of anilines is 1. The van der Waals surface area contributed by atoms with E-state index in [1.807, 2.05) is 12.1 Å². The summed E-state index contributed by atoms with van der Waals surface area (Å²) in [5.74, 6) is 0.705. The fraction of sp³-hybridized carbons (Fsp3) is 0.562. The van der Waals surface area contributed by atoms with Gasteiger partial charge in [-0.15, -0.1) is 0 Å². The minimum atomic E-state index is 0.705. The maximum Gasteiger partial charge on any atom is 0.101 e. The summed E-state index contributed by atoms with van der Waals surface area (Å²) in [6.45, 7) is 7.49. The van der Waals surface area contributed by atoms with Crippen molar-refractivity contribution in [2.24, 2.45) is 5.92 Å². The van der Waals surface area contributed by atoms with Gasteiger partial charge in [-0.3, -0.25) is 0 Å². The van der Waals surface area contributed by atoms with E-state index < -0.39 is 0 Å². The lowest BCUT2D eigenvalue weighted by molar-refractivity contribution is 0.472. The molecule has 0 aliphatic rings. The number of nitrogens with zero attached hydrogens (tertiary/aromatic N) is 1. The largest absolute Gasteiger partial charge is 0.383 e. The quantitative estimate of drug-likeness (QED) is 0.766. The predicted octanol–water partition coefficient (Wildman–Crippen LogP) is 4.50. The fourth-order valence-electron chi connectivity index (χ4n) is 2.19. The van der Waals surface area contributed by atoms with Gasteiger partial charge in [-0.25, -0.2) is 0 Å². The van der Waals surface area contributed by atoms with Gasteiger partial charge < -0.3 is 5.32 Å². The highest BCUT2D eigenvalue weighted by Crippen LogP contribution is 2.21. The molecule has 1 aromatic carbocycles. The number of nitriles is 1. The number of benzene rings is 1. The van der Waals surface area contributed by atoms with E-state index in [2.05, 4.69) is 38.2 Å². The molecule has 0 bridgehead atoms. The summed E-state index contributed by atoms with van der Waals surface area (Å²) in [5.41, 5.74) is 2.91. The molecule has 0 fully saturated rings. The zero-order valence-electron chi connectivity index (χ0n) is 11.8. The molecule has 1 unspecified atom stereocenters. The molecule has 0 amide bonds. The molecule has 0 aromatic heterocycles. The molecule has 1 atom stereocenters. The molecule has 0 spiro atoms. The average molecular weight is 244 g/mol. The normalized spacial score (nSPS) is 11.9. The summed E-state index contributed by atoms with van der Waals surface area (Å²) < 4.78 is 0. The van der Waals surface area contributed by atoms with Crippen LogP contribution in [0.4, 0.5) is 5.69 Å². The Labute approximate surface area is 111 Å². The van der Waals surface area contributed by atoms with Crippen LogP contribution >= 0.6 is 0 Å². The van der Waals surface area contributed by atoms with Crippen molar-refractivity contribution in [3.8, 4) is 6.07 Å². The number of unbranched alkanes of at least 4 members (excludes halogenated alkanes) is 1. The fourth-order valence-corrected chi connectivity index (χ4v) is 2.19. The van der Waals surface area contributed by atoms with Gasteiger partial charge in [0.2, 0.25) is 0 Å². The molecule has 0 aliphatic heterocycles. The van der Waals surface area contributed by atoms with Crippen LogP contribution in [0.25, 0.3) is 0 Å². The van der Waals surface area contributed by atoms with Crippen LogP contribution in [0.5, 0.6) is 0 Å². The van der Waals surface area contributed by atoms with E-state index in [4.69, 9.17) is 5.26 Å². The van der Waals surface area contributed by atoms with E-state index in [-0.39, 0.29) is 0 Å². The van der Waals surface area contributed by atoms with E-state index in [1.54, 1.807) is 0 Å². The molecule has 1 N–H and O–H groups in total. The first-order valence-electron chi connectivity index (χ1n) is 6.96. The Bertz CT molecular complexity index is 404. The third-order valence-corrected chi connectivity index (χ3v) is 3.50. The Hall–Kier alpha value is -1.49. The van der Waals surface area contributed by atoms with Gasteiger partial charge in [-0.05, 0) is 30.9 Å². The second-order valence-electron chi connectivity index (χ2n) is 4.91. The van der Waals surface area contributed by atoms with Crippen molar-refractivity contribution in [2.45, 2.75) is 46.5 Å². The van der Waals surface area contributed by atoms with Gasteiger partial charge in [0, 0.05) is 6.54 Å². The zero-order valence-corrected chi connectivity index (χ0v) is 11.8. The van der Waals surface area contributed by atoms with Crippen molar-refractivity contribution in [1.82, 2.24) is 0 Å². The molecular weight excluding hydrogens is 220 g/mol. The number of para-hydroxylation sites is 1. The first kappa shape index (κ1) is 14.6. The number of hydrogen-bond acceptors (Lipinski definition) is 2. The van der Waals surface area contributed by atoms with Gasteiger partial charge in [-0.2, -0.15) is 5.26 Å². The molecule has 0 radical (unpaired) electrons. The van der Waals surface area contributed by atoms with Crippen LogP contribution in [0, 0.1) is 24.2 Å². The summed E-state index contributed by atoms with van der Waals surface area (Å²) in [6.07, 6.45) is 5.01. The molecule has 2 nitrogen and oxygen atoms in total. The highest BCUT2D eigenvalue weighted by atomic mass is 14.9. The van der Waals surface area contributed by atoms with Crippen molar-refractivity contribution in [3.05, 3.63) is 29.3 Å². The SMILES string of the molecule is CCCCC(CC)CNc1c(C)cccc1C#N. The third-order valence-electron chi connectivity index (χ3n) is 3.50. The van der Waals surface area contributed by atoms with Crippen LogP contribution in [0.1, 0.15) is 50.7 Å². The second kappa shape index (κ2) is 7.76. The van der Waals surface area contributed by atoms with Crippen LogP contribution in [-0.2, 0) is 0 Å². The molecule has 98 valence electrons. The molecule has 2 heteroatoms. The summed E-state index contributed by atoms with van der Waals surface area (Å²) >= 11 is 0. The summed E-state index contributed by atoms with van der Waals surface area (Å²) in [6, 6.07) is 8.13. The van der Waals surface area contributed by atoms with Gasteiger partial charge in [0.25, 0.3) is 0 Å². The molecule has 0 saturated carbocycles. The molecule has 18 heavy (non-hydrogen) atoms. The van der Waals surface area contributed by atoms with Gasteiger partial charge in [0.15, 0.2) is 0 Å². The Morgan fingerprint density at radius 1 is 1.33 bits per heavy atom. The average Bonchev–Trinajstić information content (AvgIpc) is 2.40. The van der Waals surface area contributed by atoms with Crippen molar-refractivity contribution in [2.75, 3.05) is 11.9 Å². The third kappa shape index (κ3) is 4.07. The summed E-state index contributed by atoms with van der Waals surface area (Å²) in [5, 5.41) is 12.6. The van der Waals surface area contributed by atoms with Crippen molar-refractivity contribution < 1.29 is 0 Å². The highest BCUT2D eigenvalue weighted by molar-refractivity contribution is 5.62. The number of aryl methyl sites for hydroxylation is 1. The Balaban J connectivity index is 2.65. The first-order chi connectivity index (χ1) is 8.72. The van der Waals surface area contributed by atoms with E-state index in [1.165, 1.54) is 25.7 Å². The van der Waals surface area contributed by atoms with Crippen LogP contribution in [0.2, 0.25) is 0 Å². The standard InChI is InChI=1S/C16H24N2/c1-4-6-9-14(5-2)12-18-16-13(3)8-7-10-15(16)11-17/h7-8,10,14,18H,4-6,9,12H2,1-3H3. The van der Waals surface area contributed by atoms with Crippen molar-refractivity contribution >= 4 is 5.69 Å². The monoisotopic (exact) mass is 244 g/mol. The van der Waals surface area contributed by atoms with E-state index in [0.29, 0.717) is 5.92 Å². The van der Waals surface area contributed by atoms with Crippen molar-refractivity contribution in [1.29, 1.82) is 5.26 Å². The van der Waals surface area contributed by atoms with E-state index >= 15 is 0 Å². The van der Waals surface area contributed by atoms with E-state index in [9.17, 15) is 0 Å². The van der Waals surface area contributed by atoms with Crippen LogP contribution in [0.15, 0.2) is 18.2 Å². The summed E-state index contributed by atoms with van der Waals surface area (Å²) in [4.78, 5) is 0. The highest BCUT2D eigenvalue weighted by Gasteiger charge is 2.09. The second-order valence-corrected chi connectivity index (χ2v) is 4.91. The Kier molecular flexibility index (Phi) is 6.28. The minimum absolute atomic E-state index is 0.705. The van der Waals surface area contributed by atoms with Crippen molar-refractivity contribution in [3.63, 3.8) is 0 Å². The molecule has 0 saturated heterocycles. The molecule has 0 aliphatic carbocycles. The smallest absolute Gasteiger partial charge is 0.101 e. The molecular formula is C16H24N2. The first-order valence-corrected chi connectivity index (χ1v) is 6.96. The number of nitrogens with one attached hydrogen (secondary N) is 1. The summed E-state index contributed by atoms with van der Waals surface area (Å²) in [7, 11) is 0. The Morgan fingerprint density at radius 2 is 2.11 bits per heavy atom. The number of rotatable bonds is 7. The lowest BCUT2D eigenvalue weighted by Gasteiger charge is -2.18. The van der Waals surface area contributed by atoms with Gasteiger partial charge in [-0.1, -0.05) is 45.2 Å². The molecule has 0 heterocycles. The van der Waals surface area contributed by atoms with Gasteiger partial charge in [0.05, 0.1) is 11.3 Å². The molecule has 1 aromatic rings. The van der Waals surface area contributed by atoms with Crippen LogP contribution in [-0.4, -0.2) is 6.54 Å². The Morgan fingerprint density at radius 3 is 2.72 bits per heavy atom. The predicted molar refractivity (Wildman–Crippen MR) is 77.7 cm³/mol. The van der Waals surface area contributed by atoms with Crippen LogP contribution in [0.3, 0.4) is 0 Å². The maximum atomic E-state index is 9.12.